The molecule has 21 heavy (non-hydrogen) atoms. The summed E-state index contributed by atoms with van der Waals surface area (Å²) in [5.41, 5.74) is 1.19. The van der Waals surface area contributed by atoms with Gasteiger partial charge in [-0.25, -0.2) is 0 Å². The Hall–Kier alpha value is -0.580. The molecule has 1 aromatic rings. The van der Waals surface area contributed by atoms with Gasteiger partial charge >= 0.3 is 0 Å². The molecule has 0 aromatic heterocycles. The van der Waals surface area contributed by atoms with E-state index < -0.39 is 0 Å². The third-order valence-electron chi connectivity index (χ3n) is 4.26. The number of aliphatic hydroxyl groups is 1. The van der Waals surface area contributed by atoms with Gasteiger partial charge in [-0.1, -0.05) is 29.3 Å². The van der Waals surface area contributed by atoms with E-state index in [4.69, 9.17) is 4.74 Å². The summed E-state index contributed by atoms with van der Waals surface area (Å²) in [5, 5.41) is 12.9. The average Bonchev–Trinajstić information content (AvgIpc) is 2.94. The van der Waals surface area contributed by atoms with Crippen LogP contribution in [-0.4, -0.2) is 24.9 Å². The fourth-order valence-electron chi connectivity index (χ4n) is 3.05. The molecule has 0 radical (unpaired) electrons. The normalized spacial score (nSPS) is 21.7. The van der Waals surface area contributed by atoms with Crippen molar-refractivity contribution in [2.45, 2.75) is 39.2 Å². The molecule has 2 atom stereocenters. The van der Waals surface area contributed by atoms with Crippen molar-refractivity contribution in [1.29, 1.82) is 0 Å². The molecule has 1 saturated carbocycles. The van der Waals surface area contributed by atoms with Gasteiger partial charge in [-0.05, 0) is 55.8 Å². The van der Waals surface area contributed by atoms with Crippen LogP contribution in [0.2, 0.25) is 0 Å². The van der Waals surface area contributed by atoms with Crippen molar-refractivity contribution in [3.8, 4) is 5.75 Å². The van der Waals surface area contributed by atoms with E-state index in [1.54, 1.807) is 0 Å². The number of benzene rings is 1. The Bertz CT molecular complexity index is 439. The molecule has 4 heteroatoms. The number of rotatable bonds is 8. The molecule has 1 aliphatic carbocycles. The number of ether oxygens (including phenoxy) is 1. The maximum Gasteiger partial charge on any atom is 0.123 e. The van der Waals surface area contributed by atoms with Crippen LogP contribution in [0.5, 0.6) is 5.75 Å². The molecule has 0 bridgehead atoms. The maximum absolute atomic E-state index is 9.38. The molecule has 0 heterocycles. The van der Waals surface area contributed by atoms with E-state index in [-0.39, 0.29) is 0 Å². The molecule has 1 aliphatic rings. The molecule has 2 unspecified atom stereocenters. The monoisotopic (exact) mass is 355 g/mol. The molecular formula is C17H26BrNO2. The van der Waals surface area contributed by atoms with E-state index in [1.165, 1.54) is 24.8 Å². The quantitative estimate of drug-likeness (QED) is 0.746. The largest absolute Gasteiger partial charge is 0.493 e. The second-order valence-electron chi connectivity index (χ2n) is 5.87. The van der Waals surface area contributed by atoms with Crippen molar-refractivity contribution in [1.82, 2.24) is 5.32 Å². The van der Waals surface area contributed by atoms with Crippen LogP contribution in [0.3, 0.4) is 0 Å². The maximum atomic E-state index is 9.38. The first kappa shape index (κ1) is 16.8. The summed E-state index contributed by atoms with van der Waals surface area (Å²) >= 11 is 3.53. The zero-order chi connectivity index (χ0) is 15.1. The van der Waals surface area contributed by atoms with Crippen molar-refractivity contribution in [3.63, 3.8) is 0 Å². The lowest BCUT2D eigenvalue weighted by Gasteiger charge is -2.18. The van der Waals surface area contributed by atoms with Crippen LogP contribution in [-0.2, 0) is 6.54 Å². The summed E-state index contributed by atoms with van der Waals surface area (Å²) in [4.78, 5) is 0. The number of hydrogen-bond donors (Lipinski definition) is 2. The SMILES string of the molecule is CCCOc1ccc(Br)cc1CNCC1CCCC1CO. The summed E-state index contributed by atoms with van der Waals surface area (Å²) in [5.74, 6) is 2.07. The zero-order valence-corrected chi connectivity index (χ0v) is 14.4. The van der Waals surface area contributed by atoms with Gasteiger partial charge < -0.3 is 15.2 Å². The summed E-state index contributed by atoms with van der Waals surface area (Å²) in [7, 11) is 0. The number of nitrogens with one attached hydrogen (secondary N) is 1. The number of halogens is 1. The van der Waals surface area contributed by atoms with Crippen LogP contribution in [0, 0.1) is 11.8 Å². The summed E-state index contributed by atoms with van der Waals surface area (Å²) in [6, 6.07) is 6.17. The lowest BCUT2D eigenvalue weighted by molar-refractivity contribution is 0.192. The van der Waals surface area contributed by atoms with Gasteiger partial charge in [0.15, 0.2) is 0 Å². The van der Waals surface area contributed by atoms with Crippen LogP contribution < -0.4 is 10.1 Å². The van der Waals surface area contributed by atoms with Gasteiger partial charge in [0, 0.05) is 23.2 Å². The standard InChI is InChI=1S/C17H26BrNO2/c1-2-8-21-17-7-6-16(18)9-15(17)11-19-10-13-4-3-5-14(13)12-20/h6-7,9,13-14,19-20H,2-5,8,10-12H2,1H3. The first-order chi connectivity index (χ1) is 10.2. The lowest BCUT2D eigenvalue weighted by Crippen LogP contribution is -2.26. The minimum absolute atomic E-state index is 0.327. The van der Waals surface area contributed by atoms with Gasteiger partial charge in [0.25, 0.3) is 0 Å². The number of aliphatic hydroxyl groups excluding tert-OH is 1. The molecule has 1 aromatic carbocycles. The molecule has 1 fully saturated rings. The van der Waals surface area contributed by atoms with E-state index in [0.29, 0.717) is 18.4 Å². The topological polar surface area (TPSA) is 41.5 Å². The molecule has 0 aliphatic heterocycles. The van der Waals surface area contributed by atoms with Crippen LogP contribution in [0.15, 0.2) is 22.7 Å². The Labute approximate surface area is 136 Å². The van der Waals surface area contributed by atoms with Crippen molar-refractivity contribution >= 4 is 15.9 Å². The highest BCUT2D eigenvalue weighted by Gasteiger charge is 2.25. The predicted octanol–water partition coefficient (Wildman–Crippen LogP) is 3.74. The second kappa shape index (κ2) is 8.76. The smallest absolute Gasteiger partial charge is 0.123 e. The fourth-order valence-corrected chi connectivity index (χ4v) is 3.46. The Morgan fingerprint density at radius 3 is 2.90 bits per heavy atom. The zero-order valence-electron chi connectivity index (χ0n) is 12.8. The molecule has 118 valence electrons. The van der Waals surface area contributed by atoms with Crippen molar-refractivity contribution in [2.24, 2.45) is 11.8 Å². The molecule has 0 saturated heterocycles. The Kier molecular flexibility index (Phi) is 7.00. The van der Waals surface area contributed by atoms with Crippen LogP contribution in [0.25, 0.3) is 0 Å². The molecule has 0 amide bonds. The van der Waals surface area contributed by atoms with Gasteiger partial charge in [-0.3, -0.25) is 0 Å². The van der Waals surface area contributed by atoms with Gasteiger partial charge in [0.05, 0.1) is 6.61 Å². The molecule has 0 spiro atoms. The summed E-state index contributed by atoms with van der Waals surface area (Å²) in [6.45, 7) is 4.99. The van der Waals surface area contributed by atoms with E-state index in [2.05, 4.69) is 34.2 Å². The molecule has 2 rings (SSSR count). The van der Waals surface area contributed by atoms with Gasteiger partial charge in [-0.15, -0.1) is 0 Å². The Morgan fingerprint density at radius 2 is 2.14 bits per heavy atom. The van der Waals surface area contributed by atoms with Crippen LogP contribution >= 0.6 is 15.9 Å². The van der Waals surface area contributed by atoms with Crippen molar-refractivity contribution in [3.05, 3.63) is 28.2 Å². The fraction of sp³-hybridized carbons (Fsp3) is 0.647. The van der Waals surface area contributed by atoms with Crippen molar-refractivity contribution in [2.75, 3.05) is 19.8 Å². The number of hydrogen-bond acceptors (Lipinski definition) is 3. The van der Waals surface area contributed by atoms with Crippen molar-refractivity contribution < 1.29 is 9.84 Å². The second-order valence-corrected chi connectivity index (χ2v) is 6.78. The highest BCUT2D eigenvalue weighted by molar-refractivity contribution is 9.10. The lowest BCUT2D eigenvalue weighted by atomic mass is 9.97. The van der Waals surface area contributed by atoms with Gasteiger partial charge in [-0.2, -0.15) is 0 Å². The van der Waals surface area contributed by atoms with Gasteiger partial charge in [0.2, 0.25) is 0 Å². The van der Waals surface area contributed by atoms with Crippen LogP contribution in [0.4, 0.5) is 0 Å². The Balaban J connectivity index is 1.88. The minimum atomic E-state index is 0.327. The van der Waals surface area contributed by atoms with Crippen LogP contribution in [0.1, 0.15) is 38.2 Å². The minimum Gasteiger partial charge on any atom is -0.493 e. The van der Waals surface area contributed by atoms with E-state index in [1.807, 2.05) is 12.1 Å². The predicted molar refractivity (Wildman–Crippen MR) is 89.6 cm³/mol. The van der Waals surface area contributed by atoms with E-state index in [0.717, 1.165) is 36.3 Å². The Morgan fingerprint density at radius 1 is 1.33 bits per heavy atom. The van der Waals surface area contributed by atoms with Gasteiger partial charge in [0.1, 0.15) is 5.75 Å². The highest BCUT2D eigenvalue weighted by Crippen LogP contribution is 2.31. The van der Waals surface area contributed by atoms with E-state index >= 15 is 0 Å². The average molecular weight is 356 g/mol. The first-order valence-electron chi connectivity index (χ1n) is 7.97. The van der Waals surface area contributed by atoms with E-state index in [9.17, 15) is 5.11 Å². The third kappa shape index (κ3) is 4.97. The molecular weight excluding hydrogens is 330 g/mol. The molecule has 2 N–H and O–H groups in total. The third-order valence-corrected chi connectivity index (χ3v) is 4.75. The summed E-state index contributed by atoms with van der Waals surface area (Å²) in [6.07, 6.45) is 4.67. The highest BCUT2D eigenvalue weighted by atomic mass is 79.9. The summed E-state index contributed by atoms with van der Waals surface area (Å²) < 4.78 is 6.89. The molecule has 3 nitrogen and oxygen atoms in total. The first-order valence-corrected chi connectivity index (χ1v) is 8.76.